The maximum Gasteiger partial charge on any atom is 0.151 e. The molecular formula is C15H18N4. The zero-order valence-corrected chi connectivity index (χ0v) is 10.9. The van der Waals surface area contributed by atoms with E-state index in [4.69, 9.17) is 5.73 Å². The Labute approximate surface area is 113 Å². The van der Waals surface area contributed by atoms with Gasteiger partial charge in [-0.3, -0.25) is 4.98 Å². The molecule has 1 aliphatic rings. The van der Waals surface area contributed by atoms with Gasteiger partial charge in [0.2, 0.25) is 0 Å². The second-order valence-electron chi connectivity index (χ2n) is 4.82. The quantitative estimate of drug-likeness (QED) is 0.889. The molecule has 0 bridgehead atoms. The molecule has 2 aromatic rings. The SMILES string of the molecule is NCc1nccnc1N1CCCc2ccccc2C1. The van der Waals surface area contributed by atoms with E-state index < -0.39 is 0 Å². The fourth-order valence-corrected chi connectivity index (χ4v) is 2.65. The number of nitrogens with zero attached hydrogens (tertiary/aromatic N) is 3. The van der Waals surface area contributed by atoms with Gasteiger partial charge in [-0.25, -0.2) is 4.98 Å². The number of aryl methyl sites for hydroxylation is 1. The Morgan fingerprint density at radius 3 is 2.74 bits per heavy atom. The molecule has 4 nitrogen and oxygen atoms in total. The molecule has 0 saturated heterocycles. The summed E-state index contributed by atoms with van der Waals surface area (Å²) in [6.07, 6.45) is 5.71. The summed E-state index contributed by atoms with van der Waals surface area (Å²) in [7, 11) is 0. The van der Waals surface area contributed by atoms with Crippen molar-refractivity contribution in [3.05, 3.63) is 53.5 Å². The molecule has 1 aliphatic heterocycles. The molecule has 0 saturated carbocycles. The molecule has 0 amide bonds. The van der Waals surface area contributed by atoms with E-state index in [0.717, 1.165) is 37.4 Å². The molecular weight excluding hydrogens is 236 g/mol. The van der Waals surface area contributed by atoms with Gasteiger partial charge in [-0.1, -0.05) is 24.3 Å². The van der Waals surface area contributed by atoms with Crippen molar-refractivity contribution < 1.29 is 0 Å². The van der Waals surface area contributed by atoms with Gasteiger partial charge >= 0.3 is 0 Å². The van der Waals surface area contributed by atoms with Crippen molar-refractivity contribution in [2.75, 3.05) is 11.4 Å². The van der Waals surface area contributed by atoms with Crippen LogP contribution in [0.2, 0.25) is 0 Å². The van der Waals surface area contributed by atoms with Gasteiger partial charge in [0.15, 0.2) is 5.82 Å². The van der Waals surface area contributed by atoms with E-state index in [1.54, 1.807) is 12.4 Å². The Morgan fingerprint density at radius 2 is 1.89 bits per heavy atom. The smallest absolute Gasteiger partial charge is 0.151 e. The fourth-order valence-electron chi connectivity index (χ4n) is 2.65. The largest absolute Gasteiger partial charge is 0.351 e. The number of nitrogens with two attached hydrogens (primary N) is 1. The average Bonchev–Trinajstić information content (AvgIpc) is 2.69. The van der Waals surface area contributed by atoms with E-state index in [-0.39, 0.29) is 0 Å². The van der Waals surface area contributed by atoms with Crippen LogP contribution in [0.1, 0.15) is 23.2 Å². The van der Waals surface area contributed by atoms with Gasteiger partial charge in [0.05, 0.1) is 5.69 Å². The van der Waals surface area contributed by atoms with Crippen LogP contribution in [0.4, 0.5) is 5.82 Å². The number of aromatic nitrogens is 2. The first-order chi connectivity index (χ1) is 9.38. The summed E-state index contributed by atoms with van der Waals surface area (Å²) in [4.78, 5) is 11.1. The van der Waals surface area contributed by atoms with Crippen molar-refractivity contribution >= 4 is 5.82 Å². The first-order valence-electron chi connectivity index (χ1n) is 6.70. The zero-order chi connectivity index (χ0) is 13.1. The van der Waals surface area contributed by atoms with E-state index in [1.165, 1.54) is 11.1 Å². The molecule has 0 atom stereocenters. The van der Waals surface area contributed by atoms with Crippen LogP contribution >= 0.6 is 0 Å². The topological polar surface area (TPSA) is 55.0 Å². The maximum absolute atomic E-state index is 5.76. The van der Waals surface area contributed by atoms with E-state index in [1.807, 2.05) is 0 Å². The van der Waals surface area contributed by atoms with Gasteiger partial charge in [-0.05, 0) is 24.0 Å². The molecule has 2 N–H and O–H groups in total. The van der Waals surface area contributed by atoms with Gasteiger partial charge in [0.25, 0.3) is 0 Å². The normalized spacial score (nSPS) is 14.9. The van der Waals surface area contributed by atoms with Crippen molar-refractivity contribution in [1.29, 1.82) is 0 Å². The lowest BCUT2D eigenvalue weighted by molar-refractivity contribution is 0.741. The van der Waals surface area contributed by atoms with Gasteiger partial charge in [-0.2, -0.15) is 0 Å². The van der Waals surface area contributed by atoms with Crippen molar-refractivity contribution in [1.82, 2.24) is 9.97 Å². The number of benzene rings is 1. The second-order valence-corrected chi connectivity index (χ2v) is 4.82. The highest BCUT2D eigenvalue weighted by Crippen LogP contribution is 2.23. The summed E-state index contributed by atoms with van der Waals surface area (Å²) in [6.45, 7) is 2.32. The lowest BCUT2D eigenvalue weighted by atomic mass is 10.0. The van der Waals surface area contributed by atoms with Crippen molar-refractivity contribution in [3.8, 4) is 0 Å². The molecule has 0 radical (unpaired) electrons. The fraction of sp³-hybridized carbons (Fsp3) is 0.333. The van der Waals surface area contributed by atoms with Gasteiger partial charge in [-0.15, -0.1) is 0 Å². The molecule has 0 fully saturated rings. The second kappa shape index (κ2) is 5.36. The number of rotatable bonds is 2. The highest BCUT2D eigenvalue weighted by atomic mass is 15.2. The predicted molar refractivity (Wildman–Crippen MR) is 75.7 cm³/mol. The number of anilines is 1. The van der Waals surface area contributed by atoms with Gasteiger partial charge < -0.3 is 10.6 Å². The summed E-state index contributed by atoms with van der Waals surface area (Å²) in [5, 5.41) is 0. The Kier molecular flexibility index (Phi) is 3.42. The van der Waals surface area contributed by atoms with Crippen LogP contribution in [0.15, 0.2) is 36.7 Å². The van der Waals surface area contributed by atoms with Crippen molar-refractivity contribution in [2.45, 2.75) is 25.9 Å². The van der Waals surface area contributed by atoms with Crippen LogP contribution in [0.25, 0.3) is 0 Å². The molecule has 0 aliphatic carbocycles. The molecule has 2 heterocycles. The zero-order valence-electron chi connectivity index (χ0n) is 10.9. The third-order valence-electron chi connectivity index (χ3n) is 3.60. The van der Waals surface area contributed by atoms with Crippen LogP contribution in [0.3, 0.4) is 0 Å². The molecule has 19 heavy (non-hydrogen) atoms. The van der Waals surface area contributed by atoms with Crippen LogP contribution in [-0.2, 0) is 19.5 Å². The first-order valence-corrected chi connectivity index (χ1v) is 6.70. The summed E-state index contributed by atoms with van der Waals surface area (Å²) < 4.78 is 0. The Balaban J connectivity index is 1.94. The minimum Gasteiger partial charge on any atom is -0.351 e. The van der Waals surface area contributed by atoms with Crippen molar-refractivity contribution in [2.24, 2.45) is 5.73 Å². The van der Waals surface area contributed by atoms with Crippen LogP contribution in [0.5, 0.6) is 0 Å². The van der Waals surface area contributed by atoms with Crippen LogP contribution in [0, 0.1) is 0 Å². The molecule has 0 unspecified atom stereocenters. The minimum absolute atomic E-state index is 0.432. The minimum atomic E-state index is 0.432. The summed E-state index contributed by atoms with van der Waals surface area (Å²) >= 11 is 0. The third kappa shape index (κ3) is 2.44. The standard InChI is InChI=1S/C15H18N4/c16-10-14-15(18-8-7-17-14)19-9-3-6-12-4-1-2-5-13(12)11-19/h1-2,4-5,7-8H,3,6,9-11,16H2. The summed E-state index contributed by atoms with van der Waals surface area (Å²) in [5.41, 5.74) is 9.47. The predicted octanol–water partition coefficient (Wildman–Crippen LogP) is 1.89. The summed E-state index contributed by atoms with van der Waals surface area (Å²) in [6, 6.07) is 8.64. The van der Waals surface area contributed by atoms with Crippen LogP contribution < -0.4 is 10.6 Å². The molecule has 0 spiro atoms. The molecule has 98 valence electrons. The van der Waals surface area contributed by atoms with Crippen molar-refractivity contribution in [3.63, 3.8) is 0 Å². The monoisotopic (exact) mass is 254 g/mol. The van der Waals surface area contributed by atoms with Gasteiger partial charge in [0.1, 0.15) is 0 Å². The Morgan fingerprint density at radius 1 is 1.11 bits per heavy atom. The highest BCUT2D eigenvalue weighted by Gasteiger charge is 2.17. The lowest BCUT2D eigenvalue weighted by Crippen LogP contribution is -2.26. The molecule has 4 heteroatoms. The Hall–Kier alpha value is -1.94. The number of hydrogen-bond donors (Lipinski definition) is 1. The Bertz CT molecular complexity index is 568. The maximum atomic E-state index is 5.76. The highest BCUT2D eigenvalue weighted by molar-refractivity contribution is 5.45. The summed E-state index contributed by atoms with van der Waals surface area (Å²) in [5.74, 6) is 0.932. The molecule has 1 aromatic heterocycles. The molecule has 1 aromatic carbocycles. The first kappa shape index (κ1) is 12.1. The van der Waals surface area contributed by atoms with E-state index >= 15 is 0 Å². The third-order valence-corrected chi connectivity index (χ3v) is 3.60. The lowest BCUT2D eigenvalue weighted by Gasteiger charge is -2.23. The average molecular weight is 254 g/mol. The number of hydrogen-bond acceptors (Lipinski definition) is 4. The van der Waals surface area contributed by atoms with E-state index in [9.17, 15) is 0 Å². The number of fused-ring (bicyclic) bond motifs is 1. The van der Waals surface area contributed by atoms with Crippen LogP contribution in [-0.4, -0.2) is 16.5 Å². The molecule has 3 rings (SSSR count). The van der Waals surface area contributed by atoms with E-state index in [0.29, 0.717) is 6.54 Å². The van der Waals surface area contributed by atoms with E-state index in [2.05, 4.69) is 39.1 Å². The van der Waals surface area contributed by atoms with Gasteiger partial charge in [0, 0.05) is 32.0 Å².